The number of anilines is 1. The smallest absolute Gasteiger partial charge is 0.262 e. The second kappa shape index (κ2) is 12.2. The molecule has 3 amide bonds. The topological polar surface area (TPSA) is 171 Å². The van der Waals surface area contributed by atoms with Crippen LogP contribution in [0.25, 0.3) is 0 Å². The van der Waals surface area contributed by atoms with E-state index in [1.807, 2.05) is 0 Å². The number of hydrogen-bond acceptors (Lipinski definition) is 10. The fraction of sp³-hybridized carbons (Fsp3) is 0.300. The van der Waals surface area contributed by atoms with E-state index in [9.17, 15) is 22.8 Å². The van der Waals surface area contributed by atoms with Gasteiger partial charge in [0.25, 0.3) is 17.7 Å². The molecule has 4 aliphatic rings. The maximum Gasteiger partial charge on any atom is 0.262 e. The average molecular weight is 639 g/mol. The molecule has 2 atom stereocenters. The fourth-order valence-corrected chi connectivity index (χ4v) is 6.74. The Morgan fingerprint density at radius 2 is 1.69 bits per heavy atom. The zero-order valence-electron chi connectivity index (χ0n) is 24.3. The van der Waals surface area contributed by atoms with Crippen molar-refractivity contribution < 1.29 is 46.5 Å². The molecule has 4 bridgehead atoms. The second-order valence-corrected chi connectivity index (χ2v) is 12.4. The van der Waals surface area contributed by atoms with E-state index in [1.165, 1.54) is 48.9 Å². The van der Waals surface area contributed by atoms with Gasteiger partial charge in [-0.05, 0) is 42.5 Å². The van der Waals surface area contributed by atoms with Gasteiger partial charge in [0, 0.05) is 36.3 Å². The number of ether oxygens (including phenoxy) is 5. The first-order valence-electron chi connectivity index (χ1n) is 13.9. The lowest BCUT2D eigenvalue weighted by Gasteiger charge is -2.22. The van der Waals surface area contributed by atoms with Gasteiger partial charge in [0.05, 0.1) is 37.4 Å². The largest absolute Gasteiger partial charge is 0.497 e. The Bertz CT molecular complexity index is 1780. The Labute approximate surface area is 258 Å². The van der Waals surface area contributed by atoms with Crippen LogP contribution in [0, 0.1) is 0 Å². The molecule has 45 heavy (non-hydrogen) atoms. The van der Waals surface area contributed by atoms with E-state index in [1.54, 1.807) is 24.3 Å². The molecule has 0 unspecified atom stereocenters. The minimum Gasteiger partial charge on any atom is -0.497 e. The van der Waals surface area contributed by atoms with Crippen molar-refractivity contribution in [2.24, 2.45) is 0 Å². The van der Waals surface area contributed by atoms with Crippen LogP contribution < -0.4 is 39.6 Å². The average Bonchev–Trinajstić information content (AvgIpc) is 3.44. The van der Waals surface area contributed by atoms with Crippen molar-refractivity contribution in [1.82, 2.24) is 14.9 Å². The number of hydrogen-bond donors (Lipinski definition) is 3. The molecule has 15 heteroatoms. The van der Waals surface area contributed by atoms with Gasteiger partial charge in [-0.25, -0.2) is 8.42 Å². The van der Waals surface area contributed by atoms with Crippen LogP contribution in [-0.2, 0) is 26.2 Å². The minimum absolute atomic E-state index is 0.0603. The maximum absolute atomic E-state index is 13.8. The standard InChI is InChI=1S/C30H30N4O10S/c1-40-20-7-18-8-21(9-20)42-15-28(35)31-12-17-3-4-19(10-26(17)41-2)44-27-14-34(13-24(27)33-30(18)37)45(38,39)22-5-6-25-23(11-22)32-29(36)16-43-25/h3-11,24,27H,12-16H2,1-2H3,(H,31,35)(H,32,36)(H,33,37)/t24-,27-/m0/s1. The van der Waals surface area contributed by atoms with Gasteiger partial charge < -0.3 is 39.6 Å². The van der Waals surface area contributed by atoms with Gasteiger partial charge >= 0.3 is 0 Å². The van der Waals surface area contributed by atoms with Crippen LogP contribution in [0.15, 0.2) is 59.5 Å². The van der Waals surface area contributed by atoms with Gasteiger partial charge in [-0.1, -0.05) is 0 Å². The van der Waals surface area contributed by atoms with Gasteiger partial charge in [-0.2, -0.15) is 4.31 Å². The molecular formula is C30H30N4O10S. The minimum atomic E-state index is -4.10. The van der Waals surface area contributed by atoms with E-state index in [4.69, 9.17) is 23.7 Å². The number of benzene rings is 3. The quantitative estimate of drug-likeness (QED) is 0.378. The number of amides is 3. The van der Waals surface area contributed by atoms with Crippen molar-refractivity contribution in [3.05, 3.63) is 65.7 Å². The van der Waals surface area contributed by atoms with Crippen molar-refractivity contribution >= 4 is 33.4 Å². The molecule has 0 radical (unpaired) electrons. The van der Waals surface area contributed by atoms with Crippen molar-refractivity contribution in [2.75, 3.05) is 45.8 Å². The molecule has 0 saturated carbocycles. The molecule has 3 N–H and O–H groups in total. The first-order chi connectivity index (χ1) is 21.6. The summed E-state index contributed by atoms with van der Waals surface area (Å²) < 4.78 is 57.0. The second-order valence-electron chi connectivity index (χ2n) is 10.5. The number of sulfonamides is 1. The molecule has 0 spiro atoms. The summed E-state index contributed by atoms with van der Waals surface area (Å²) in [7, 11) is -1.19. The normalized spacial score (nSPS) is 20.2. The number of nitrogens with zero attached hydrogens (tertiary/aromatic N) is 1. The Kier molecular flexibility index (Phi) is 8.12. The first kappa shape index (κ1) is 30.0. The summed E-state index contributed by atoms with van der Waals surface area (Å²) in [6, 6.07) is 13.0. The predicted octanol–water partition coefficient (Wildman–Crippen LogP) is 1.29. The van der Waals surface area contributed by atoms with E-state index >= 15 is 0 Å². The molecule has 3 aromatic rings. The van der Waals surface area contributed by atoms with Crippen molar-refractivity contribution in [3.8, 4) is 28.7 Å². The van der Waals surface area contributed by atoms with Crippen LogP contribution in [0.4, 0.5) is 5.69 Å². The molecule has 1 saturated heterocycles. The Hall–Kier alpha value is -5.02. The highest BCUT2D eigenvalue weighted by Crippen LogP contribution is 2.33. The van der Waals surface area contributed by atoms with Crippen LogP contribution >= 0.6 is 0 Å². The van der Waals surface area contributed by atoms with Gasteiger partial charge in [-0.3, -0.25) is 14.4 Å². The third-order valence-electron chi connectivity index (χ3n) is 7.54. The Morgan fingerprint density at radius 1 is 0.867 bits per heavy atom. The molecular weight excluding hydrogens is 608 g/mol. The summed E-state index contributed by atoms with van der Waals surface area (Å²) in [6.45, 7) is -0.528. The summed E-state index contributed by atoms with van der Waals surface area (Å²) in [5.74, 6) is 0.408. The molecule has 4 heterocycles. The van der Waals surface area contributed by atoms with Crippen LogP contribution in [0.5, 0.6) is 28.7 Å². The van der Waals surface area contributed by atoms with E-state index in [0.29, 0.717) is 28.6 Å². The summed E-state index contributed by atoms with van der Waals surface area (Å²) in [5, 5.41) is 8.30. The van der Waals surface area contributed by atoms with Crippen molar-refractivity contribution in [2.45, 2.75) is 23.6 Å². The molecule has 1 fully saturated rings. The number of methoxy groups -OCH3 is 2. The Balaban J connectivity index is 1.34. The first-order valence-corrected chi connectivity index (χ1v) is 15.4. The van der Waals surface area contributed by atoms with Crippen molar-refractivity contribution in [3.63, 3.8) is 0 Å². The molecule has 14 nitrogen and oxygen atoms in total. The van der Waals surface area contributed by atoms with E-state index in [2.05, 4.69) is 16.0 Å². The lowest BCUT2D eigenvalue weighted by Crippen LogP contribution is -2.45. The number of fused-ring (bicyclic) bond motifs is 8. The highest BCUT2D eigenvalue weighted by molar-refractivity contribution is 7.89. The molecule has 0 aliphatic carbocycles. The lowest BCUT2D eigenvalue weighted by atomic mass is 10.1. The molecule has 0 aromatic heterocycles. The summed E-state index contributed by atoms with van der Waals surface area (Å²) in [5.41, 5.74) is 1.09. The highest BCUT2D eigenvalue weighted by atomic mass is 32.2. The third kappa shape index (κ3) is 6.30. The van der Waals surface area contributed by atoms with Crippen molar-refractivity contribution in [1.29, 1.82) is 0 Å². The lowest BCUT2D eigenvalue weighted by molar-refractivity contribution is -0.123. The molecule has 236 valence electrons. The van der Waals surface area contributed by atoms with E-state index in [-0.39, 0.29) is 60.7 Å². The van der Waals surface area contributed by atoms with Crippen LogP contribution in [0.2, 0.25) is 0 Å². The summed E-state index contributed by atoms with van der Waals surface area (Å²) in [4.78, 5) is 37.8. The maximum atomic E-state index is 13.8. The SMILES string of the molecule is COc1cc2cc(c1)C(=O)N[C@H]1CN(S(=O)(=O)c3ccc4c(c3)NC(=O)CO4)C[C@@H]1Oc1ccc(c(OC)c1)CNC(=O)CO2. The summed E-state index contributed by atoms with van der Waals surface area (Å²) in [6.07, 6.45) is -0.809. The number of carbonyl (C=O) groups is 3. The number of carbonyl (C=O) groups excluding carboxylic acids is 3. The molecule has 7 rings (SSSR count). The zero-order valence-corrected chi connectivity index (χ0v) is 25.1. The van der Waals surface area contributed by atoms with Crippen LogP contribution in [0.1, 0.15) is 15.9 Å². The van der Waals surface area contributed by atoms with Gasteiger partial charge in [-0.15, -0.1) is 0 Å². The Morgan fingerprint density at radius 3 is 2.49 bits per heavy atom. The monoisotopic (exact) mass is 638 g/mol. The summed E-state index contributed by atoms with van der Waals surface area (Å²) >= 11 is 0. The predicted molar refractivity (Wildman–Crippen MR) is 158 cm³/mol. The molecule has 4 aliphatic heterocycles. The fourth-order valence-electron chi connectivity index (χ4n) is 5.23. The van der Waals surface area contributed by atoms with Gasteiger partial charge in [0.1, 0.15) is 34.9 Å². The molecule has 3 aromatic carbocycles. The zero-order chi connectivity index (χ0) is 31.7. The third-order valence-corrected chi connectivity index (χ3v) is 9.37. The van der Waals surface area contributed by atoms with Gasteiger partial charge in [0.15, 0.2) is 13.2 Å². The highest BCUT2D eigenvalue weighted by Gasteiger charge is 2.42. The van der Waals surface area contributed by atoms with E-state index in [0.717, 1.165) is 0 Å². The van der Waals surface area contributed by atoms with Crippen LogP contribution in [0.3, 0.4) is 0 Å². The number of nitrogens with one attached hydrogen (secondary N) is 3. The van der Waals surface area contributed by atoms with Crippen LogP contribution in [-0.4, -0.2) is 83.1 Å². The number of rotatable bonds is 4. The van der Waals surface area contributed by atoms with E-state index < -0.39 is 34.0 Å². The van der Waals surface area contributed by atoms with Gasteiger partial charge in [0.2, 0.25) is 10.0 Å².